The summed E-state index contributed by atoms with van der Waals surface area (Å²) in [5.41, 5.74) is 0. The summed E-state index contributed by atoms with van der Waals surface area (Å²) < 4.78 is 5.04. The molecule has 0 radical (unpaired) electrons. The van der Waals surface area contributed by atoms with E-state index < -0.39 is 18.1 Å². The Balaban J connectivity index is 2.06. The van der Waals surface area contributed by atoms with Crippen LogP contribution < -0.4 is 5.32 Å². The van der Waals surface area contributed by atoms with E-state index in [0.717, 1.165) is 11.8 Å². The van der Waals surface area contributed by atoms with Crippen molar-refractivity contribution in [3.05, 3.63) is 0 Å². The van der Waals surface area contributed by atoms with Crippen molar-refractivity contribution in [3.63, 3.8) is 0 Å². The molecule has 2 atom stereocenters. The quantitative estimate of drug-likeness (QED) is 0.669. The molecule has 8 heteroatoms. The van der Waals surface area contributed by atoms with E-state index in [1.165, 1.54) is 4.90 Å². The molecular weight excluding hydrogens is 248 g/mol. The maximum Gasteiger partial charge on any atom is 0.328 e. The summed E-state index contributed by atoms with van der Waals surface area (Å²) in [5.74, 6) is -1.09. The SMILES string of the molecule is O=C1NC(C(=O)N2CCOCC2C(=O)O)CS1. The van der Waals surface area contributed by atoms with Crippen molar-refractivity contribution in [2.45, 2.75) is 12.1 Å². The predicted octanol–water partition coefficient (Wildman–Crippen LogP) is -0.877. The normalized spacial score (nSPS) is 28.9. The standard InChI is InChI=1S/C9H12N2O5S/c12-7(5-4-17-9(15)10-5)11-1-2-16-3-6(11)8(13)14/h5-6H,1-4H2,(H,10,15)(H,13,14). The van der Waals surface area contributed by atoms with E-state index in [9.17, 15) is 14.4 Å². The zero-order valence-corrected chi connectivity index (χ0v) is 9.74. The summed E-state index contributed by atoms with van der Waals surface area (Å²) in [7, 11) is 0. The molecular formula is C9H12N2O5S. The molecule has 0 bridgehead atoms. The maximum absolute atomic E-state index is 12.0. The van der Waals surface area contributed by atoms with Crippen molar-refractivity contribution in [2.24, 2.45) is 0 Å². The van der Waals surface area contributed by atoms with E-state index in [-0.39, 0.29) is 24.3 Å². The number of hydrogen-bond donors (Lipinski definition) is 2. The number of hydrogen-bond acceptors (Lipinski definition) is 5. The van der Waals surface area contributed by atoms with Gasteiger partial charge < -0.3 is 20.1 Å². The molecule has 7 nitrogen and oxygen atoms in total. The first kappa shape index (κ1) is 12.2. The van der Waals surface area contributed by atoms with Gasteiger partial charge in [0.25, 0.3) is 5.24 Å². The largest absolute Gasteiger partial charge is 0.480 e. The van der Waals surface area contributed by atoms with Crippen molar-refractivity contribution in [1.82, 2.24) is 10.2 Å². The zero-order valence-electron chi connectivity index (χ0n) is 8.92. The number of nitrogens with one attached hydrogen (secondary N) is 1. The Labute approximate surface area is 101 Å². The van der Waals surface area contributed by atoms with Crippen LogP contribution in [0.5, 0.6) is 0 Å². The topological polar surface area (TPSA) is 95.9 Å². The lowest BCUT2D eigenvalue weighted by molar-refractivity contribution is -0.158. The van der Waals surface area contributed by atoms with Crippen LogP contribution in [0.1, 0.15) is 0 Å². The number of aliphatic carboxylic acids is 1. The van der Waals surface area contributed by atoms with Crippen LogP contribution in [0.15, 0.2) is 0 Å². The Morgan fingerprint density at radius 1 is 1.53 bits per heavy atom. The Morgan fingerprint density at radius 3 is 2.88 bits per heavy atom. The second-order valence-electron chi connectivity index (χ2n) is 3.76. The van der Waals surface area contributed by atoms with Gasteiger partial charge in [0.05, 0.1) is 13.2 Å². The molecule has 2 unspecified atom stereocenters. The van der Waals surface area contributed by atoms with Crippen molar-refractivity contribution in [3.8, 4) is 0 Å². The average molecular weight is 260 g/mol. The summed E-state index contributed by atoms with van der Waals surface area (Å²) >= 11 is 1.03. The van der Waals surface area contributed by atoms with Gasteiger partial charge in [-0.3, -0.25) is 9.59 Å². The van der Waals surface area contributed by atoms with Crippen LogP contribution in [-0.2, 0) is 14.3 Å². The van der Waals surface area contributed by atoms with Gasteiger partial charge in [0, 0.05) is 12.3 Å². The minimum Gasteiger partial charge on any atom is -0.480 e. The van der Waals surface area contributed by atoms with Gasteiger partial charge in [-0.15, -0.1) is 0 Å². The van der Waals surface area contributed by atoms with Gasteiger partial charge in [0.1, 0.15) is 6.04 Å². The fourth-order valence-corrected chi connectivity index (χ4v) is 2.56. The lowest BCUT2D eigenvalue weighted by Crippen LogP contribution is -2.57. The first-order chi connectivity index (χ1) is 8.09. The highest BCUT2D eigenvalue weighted by Crippen LogP contribution is 2.17. The van der Waals surface area contributed by atoms with Gasteiger partial charge in [0.2, 0.25) is 5.91 Å². The van der Waals surface area contributed by atoms with E-state index >= 15 is 0 Å². The highest BCUT2D eigenvalue weighted by molar-refractivity contribution is 8.14. The molecule has 2 aliphatic heterocycles. The van der Waals surface area contributed by atoms with Crippen LogP contribution >= 0.6 is 11.8 Å². The molecule has 0 aliphatic carbocycles. The number of ether oxygens (including phenoxy) is 1. The molecule has 94 valence electrons. The molecule has 2 fully saturated rings. The van der Waals surface area contributed by atoms with Crippen LogP contribution in [0.2, 0.25) is 0 Å². The molecule has 2 rings (SSSR count). The fraction of sp³-hybridized carbons (Fsp3) is 0.667. The lowest BCUT2D eigenvalue weighted by atomic mass is 10.2. The molecule has 2 amide bonds. The van der Waals surface area contributed by atoms with E-state index in [1.807, 2.05) is 0 Å². The molecule has 0 aromatic heterocycles. The second-order valence-corrected chi connectivity index (χ2v) is 4.75. The van der Waals surface area contributed by atoms with Crippen molar-refractivity contribution in [1.29, 1.82) is 0 Å². The maximum atomic E-state index is 12.0. The van der Waals surface area contributed by atoms with Gasteiger partial charge in [-0.05, 0) is 0 Å². The van der Waals surface area contributed by atoms with Crippen molar-refractivity contribution in [2.75, 3.05) is 25.5 Å². The van der Waals surface area contributed by atoms with Gasteiger partial charge in [-0.1, -0.05) is 11.8 Å². The van der Waals surface area contributed by atoms with Gasteiger partial charge >= 0.3 is 5.97 Å². The number of thioether (sulfide) groups is 1. The number of rotatable bonds is 2. The number of carbonyl (C=O) groups is 3. The monoisotopic (exact) mass is 260 g/mol. The first-order valence-electron chi connectivity index (χ1n) is 5.14. The van der Waals surface area contributed by atoms with E-state index in [2.05, 4.69) is 5.32 Å². The fourth-order valence-electron chi connectivity index (χ4n) is 1.79. The number of amides is 2. The Bertz CT molecular complexity index is 361. The molecule has 2 heterocycles. The Hall–Kier alpha value is -1.28. The third-order valence-electron chi connectivity index (χ3n) is 2.67. The highest BCUT2D eigenvalue weighted by atomic mass is 32.2. The molecule has 2 aliphatic rings. The van der Waals surface area contributed by atoms with E-state index in [0.29, 0.717) is 12.4 Å². The lowest BCUT2D eigenvalue weighted by Gasteiger charge is -2.34. The third kappa shape index (κ3) is 2.52. The van der Waals surface area contributed by atoms with Crippen LogP contribution in [0, 0.1) is 0 Å². The third-order valence-corrected chi connectivity index (χ3v) is 3.55. The molecule has 0 spiro atoms. The molecule has 17 heavy (non-hydrogen) atoms. The molecule has 0 aromatic rings. The second kappa shape index (κ2) is 4.92. The first-order valence-corrected chi connectivity index (χ1v) is 6.12. The average Bonchev–Trinajstić information content (AvgIpc) is 2.75. The number of carbonyl (C=O) groups excluding carboxylic acids is 2. The molecule has 2 saturated heterocycles. The van der Waals surface area contributed by atoms with Gasteiger partial charge in [-0.2, -0.15) is 0 Å². The summed E-state index contributed by atoms with van der Waals surface area (Å²) in [4.78, 5) is 35.3. The van der Waals surface area contributed by atoms with Gasteiger partial charge in [0.15, 0.2) is 6.04 Å². The van der Waals surface area contributed by atoms with Crippen molar-refractivity contribution < 1.29 is 24.2 Å². The summed E-state index contributed by atoms with van der Waals surface area (Å²) in [6, 6.07) is -1.58. The number of carboxylic acid groups (broad SMARTS) is 1. The van der Waals surface area contributed by atoms with E-state index in [4.69, 9.17) is 9.84 Å². The van der Waals surface area contributed by atoms with Crippen LogP contribution in [0.25, 0.3) is 0 Å². The van der Waals surface area contributed by atoms with Crippen LogP contribution in [0.3, 0.4) is 0 Å². The number of nitrogens with zero attached hydrogens (tertiary/aromatic N) is 1. The number of carboxylic acids is 1. The summed E-state index contributed by atoms with van der Waals surface area (Å²) in [5, 5.41) is 11.2. The summed E-state index contributed by atoms with van der Waals surface area (Å²) in [6.07, 6.45) is 0. The smallest absolute Gasteiger partial charge is 0.328 e. The Morgan fingerprint density at radius 2 is 2.29 bits per heavy atom. The van der Waals surface area contributed by atoms with Gasteiger partial charge in [-0.25, -0.2) is 4.79 Å². The van der Waals surface area contributed by atoms with Crippen LogP contribution in [0.4, 0.5) is 4.79 Å². The van der Waals surface area contributed by atoms with E-state index in [1.54, 1.807) is 0 Å². The zero-order chi connectivity index (χ0) is 12.4. The summed E-state index contributed by atoms with van der Waals surface area (Å²) in [6.45, 7) is 0.561. The van der Waals surface area contributed by atoms with Crippen molar-refractivity contribution >= 4 is 28.9 Å². The predicted molar refractivity (Wildman–Crippen MR) is 58.7 cm³/mol. The van der Waals surface area contributed by atoms with Crippen LogP contribution in [-0.4, -0.2) is 64.7 Å². The minimum atomic E-state index is -1.09. The Kier molecular flexibility index (Phi) is 3.53. The number of morpholine rings is 1. The minimum absolute atomic E-state index is 0.00508. The molecule has 0 aromatic carbocycles. The highest BCUT2D eigenvalue weighted by Gasteiger charge is 2.38. The molecule has 2 N–H and O–H groups in total. The molecule has 0 saturated carbocycles.